The number of hydrogen-bond acceptors (Lipinski definition) is 4. The van der Waals surface area contributed by atoms with Crippen molar-refractivity contribution in [3.8, 4) is 5.75 Å². The zero-order valence-corrected chi connectivity index (χ0v) is 16.9. The number of quaternary nitrogens is 1. The zero-order valence-electron chi connectivity index (χ0n) is 16.1. The van der Waals surface area contributed by atoms with Gasteiger partial charge < -0.3 is 14.7 Å². The average molecular weight is 422 g/mol. The Bertz CT molecular complexity index is 913. The molecule has 2 aromatic rings. The first-order valence-electron chi connectivity index (χ1n) is 9.56. The van der Waals surface area contributed by atoms with Gasteiger partial charge in [0, 0.05) is 5.41 Å². The lowest BCUT2D eigenvalue weighted by atomic mass is 10.2. The van der Waals surface area contributed by atoms with E-state index in [0.717, 1.165) is 10.5 Å². The molecule has 6 nitrogen and oxygen atoms in total. The lowest BCUT2D eigenvalue weighted by molar-refractivity contribution is -0.906. The molecule has 0 spiro atoms. The number of nitrogens with one attached hydrogen (secondary N) is 1. The van der Waals surface area contributed by atoms with Gasteiger partial charge in [-0.15, -0.1) is 0 Å². The van der Waals surface area contributed by atoms with Gasteiger partial charge in [0.25, 0.3) is 0 Å². The molecule has 1 heterocycles. The molecule has 1 saturated heterocycles. The number of halogens is 1. The molecule has 0 amide bonds. The van der Waals surface area contributed by atoms with Crippen molar-refractivity contribution in [2.24, 2.45) is 0 Å². The molecule has 29 heavy (non-hydrogen) atoms. The highest BCUT2D eigenvalue weighted by molar-refractivity contribution is 7.92. The van der Waals surface area contributed by atoms with E-state index in [1.165, 1.54) is 21.8 Å². The van der Waals surface area contributed by atoms with Gasteiger partial charge in [-0.3, -0.25) is 0 Å². The van der Waals surface area contributed by atoms with Crippen LogP contribution in [0.1, 0.15) is 5.56 Å². The maximum atomic E-state index is 13.5. The number of nitrogens with zero attached hydrogens (tertiary/aromatic N) is 1. The van der Waals surface area contributed by atoms with Gasteiger partial charge in [0.05, 0.1) is 26.2 Å². The Morgan fingerprint density at radius 1 is 1.10 bits per heavy atom. The fraction of sp³-hybridized carbons (Fsp3) is 0.333. The Labute approximate surface area is 170 Å². The first-order chi connectivity index (χ1) is 13.9. The number of aliphatic hydroxyl groups excluding tert-OH is 1. The average Bonchev–Trinajstić information content (AvgIpc) is 2.73. The summed E-state index contributed by atoms with van der Waals surface area (Å²) in [5, 5.41) is 11.4. The molecule has 1 atom stereocenters. The third-order valence-electron chi connectivity index (χ3n) is 4.81. The number of sulfonamides is 1. The molecule has 1 fully saturated rings. The summed E-state index contributed by atoms with van der Waals surface area (Å²) in [6.45, 7) is 2.37. The number of aliphatic hydroxyl groups is 1. The van der Waals surface area contributed by atoms with E-state index in [0.29, 0.717) is 32.7 Å². The predicted molar refractivity (Wildman–Crippen MR) is 109 cm³/mol. The van der Waals surface area contributed by atoms with Crippen molar-refractivity contribution in [1.29, 1.82) is 0 Å². The third-order valence-corrected chi connectivity index (χ3v) is 6.38. The van der Waals surface area contributed by atoms with Crippen LogP contribution in [0.25, 0.3) is 6.08 Å². The predicted octanol–water partition coefficient (Wildman–Crippen LogP) is 0.767. The number of ether oxygens (including phenoxy) is 1. The first-order valence-corrected chi connectivity index (χ1v) is 11.1. The molecule has 2 aromatic carbocycles. The maximum Gasteiger partial charge on any atom is 0.236 e. The maximum absolute atomic E-state index is 13.5. The molecule has 8 heteroatoms. The molecule has 1 aliphatic rings. The third kappa shape index (κ3) is 6.37. The van der Waals surface area contributed by atoms with Gasteiger partial charge in [0.15, 0.2) is 11.6 Å². The molecule has 0 saturated carbocycles. The van der Waals surface area contributed by atoms with E-state index in [-0.39, 0.29) is 12.4 Å². The second-order valence-corrected chi connectivity index (χ2v) is 8.83. The van der Waals surface area contributed by atoms with Crippen molar-refractivity contribution >= 4 is 16.1 Å². The lowest BCUT2D eigenvalue weighted by Crippen LogP contribution is -3.15. The molecule has 0 radical (unpaired) electrons. The van der Waals surface area contributed by atoms with E-state index in [2.05, 4.69) is 0 Å². The molecular weight excluding hydrogens is 395 g/mol. The lowest BCUT2D eigenvalue weighted by Gasteiger charge is -2.31. The van der Waals surface area contributed by atoms with Gasteiger partial charge in [0.2, 0.25) is 10.0 Å². The summed E-state index contributed by atoms with van der Waals surface area (Å²) in [7, 11) is -3.47. The van der Waals surface area contributed by atoms with Gasteiger partial charge in [-0.2, -0.15) is 4.31 Å². The zero-order chi connectivity index (χ0) is 20.7. The standard InChI is InChI=1S/C21H25FN2O4S/c22-20-8-4-5-9-21(20)28-17-19(25)16-23-11-13-24(14-12-23)29(26,27)15-10-18-6-2-1-3-7-18/h1-10,15,19,25H,11-14,16-17H2/p+1/b15-10+/t19-/m0/s1. The molecular formula is C21H26FN2O4S+. The van der Waals surface area contributed by atoms with E-state index in [4.69, 9.17) is 4.74 Å². The molecule has 0 aliphatic carbocycles. The minimum atomic E-state index is -3.47. The van der Waals surface area contributed by atoms with Crippen LogP contribution in [0.3, 0.4) is 0 Å². The van der Waals surface area contributed by atoms with Crippen LogP contribution in [0.4, 0.5) is 4.39 Å². The fourth-order valence-corrected chi connectivity index (χ4v) is 4.41. The molecule has 156 valence electrons. The molecule has 0 bridgehead atoms. The highest BCUT2D eigenvalue weighted by atomic mass is 32.2. The van der Waals surface area contributed by atoms with E-state index in [1.54, 1.807) is 18.2 Å². The van der Waals surface area contributed by atoms with Crippen LogP contribution in [0.2, 0.25) is 0 Å². The van der Waals surface area contributed by atoms with Gasteiger partial charge in [0.1, 0.15) is 19.3 Å². The largest absolute Gasteiger partial charge is 0.488 e. The van der Waals surface area contributed by atoms with E-state index >= 15 is 0 Å². The van der Waals surface area contributed by atoms with Crippen molar-refractivity contribution in [3.63, 3.8) is 0 Å². The first kappa shape index (κ1) is 21.4. The van der Waals surface area contributed by atoms with E-state index < -0.39 is 21.9 Å². The second-order valence-electron chi connectivity index (χ2n) is 7.01. The molecule has 1 aliphatic heterocycles. The van der Waals surface area contributed by atoms with Crippen LogP contribution in [-0.4, -0.2) is 63.3 Å². The van der Waals surface area contributed by atoms with Crippen LogP contribution in [0.15, 0.2) is 60.0 Å². The van der Waals surface area contributed by atoms with Crippen molar-refractivity contribution < 1.29 is 27.6 Å². The second kappa shape index (κ2) is 9.98. The number of benzene rings is 2. The Morgan fingerprint density at radius 3 is 2.45 bits per heavy atom. The van der Waals surface area contributed by atoms with Crippen molar-refractivity contribution in [2.75, 3.05) is 39.3 Å². The smallest absolute Gasteiger partial charge is 0.236 e. The molecule has 3 rings (SSSR count). The summed E-state index contributed by atoms with van der Waals surface area (Å²) in [6, 6.07) is 15.3. The minimum Gasteiger partial charge on any atom is -0.488 e. The van der Waals surface area contributed by atoms with E-state index in [9.17, 15) is 17.9 Å². The SMILES string of the molecule is O=S(=O)(/C=C/c1ccccc1)N1CC[NH+](C[C@H](O)COc2ccccc2F)CC1. The summed E-state index contributed by atoms with van der Waals surface area (Å²) in [5.41, 5.74) is 0.832. The highest BCUT2D eigenvalue weighted by Gasteiger charge is 2.28. The number of para-hydroxylation sites is 1. The van der Waals surface area contributed by atoms with Crippen molar-refractivity contribution in [3.05, 3.63) is 71.4 Å². The van der Waals surface area contributed by atoms with Gasteiger partial charge in [-0.25, -0.2) is 12.8 Å². The van der Waals surface area contributed by atoms with Crippen LogP contribution >= 0.6 is 0 Å². The summed E-state index contributed by atoms with van der Waals surface area (Å²) in [6.07, 6.45) is 0.837. The van der Waals surface area contributed by atoms with Crippen molar-refractivity contribution in [1.82, 2.24) is 4.31 Å². The quantitative estimate of drug-likeness (QED) is 0.661. The number of piperazine rings is 1. The topological polar surface area (TPSA) is 71.3 Å². The molecule has 0 unspecified atom stereocenters. The Balaban J connectivity index is 1.45. The fourth-order valence-electron chi connectivity index (χ4n) is 3.22. The van der Waals surface area contributed by atoms with Crippen LogP contribution in [-0.2, 0) is 10.0 Å². The number of hydrogen-bond donors (Lipinski definition) is 2. The van der Waals surface area contributed by atoms with Gasteiger partial charge >= 0.3 is 0 Å². The van der Waals surface area contributed by atoms with Crippen LogP contribution in [0.5, 0.6) is 5.75 Å². The normalized spacial score (nSPS) is 17.4. The van der Waals surface area contributed by atoms with Crippen LogP contribution in [0, 0.1) is 5.82 Å². The summed E-state index contributed by atoms with van der Waals surface area (Å²) in [5.74, 6) is -0.350. The van der Waals surface area contributed by atoms with Crippen LogP contribution < -0.4 is 9.64 Å². The number of rotatable bonds is 8. The molecule has 0 aromatic heterocycles. The molecule has 2 N–H and O–H groups in total. The Hall–Kier alpha value is -2.26. The summed E-state index contributed by atoms with van der Waals surface area (Å²) < 4.78 is 45.3. The minimum absolute atomic E-state index is 0.00768. The monoisotopic (exact) mass is 421 g/mol. The summed E-state index contributed by atoms with van der Waals surface area (Å²) in [4.78, 5) is 1.09. The highest BCUT2D eigenvalue weighted by Crippen LogP contribution is 2.15. The Morgan fingerprint density at radius 2 is 1.76 bits per heavy atom. The van der Waals surface area contributed by atoms with Crippen molar-refractivity contribution in [2.45, 2.75) is 6.10 Å². The van der Waals surface area contributed by atoms with Gasteiger partial charge in [-0.05, 0) is 23.8 Å². The van der Waals surface area contributed by atoms with E-state index in [1.807, 2.05) is 30.3 Å². The van der Waals surface area contributed by atoms with Gasteiger partial charge in [-0.1, -0.05) is 42.5 Å². The Kier molecular flexibility index (Phi) is 7.38. The summed E-state index contributed by atoms with van der Waals surface area (Å²) >= 11 is 0.